The van der Waals surface area contributed by atoms with Crippen LogP contribution in [0.2, 0.25) is 0 Å². The predicted octanol–water partition coefficient (Wildman–Crippen LogP) is 1.17. The first-order valence-electron chi connectivity index (χ1n) is 7.40. The molecule has 1 fully saturated rings. The lowest BCUT2D eigenvalue weighted by Gasteiger charge is -2.39. The molecule has 1 aromatic rings. The standard InChI is InChI=1S/C16H22N3O2/c1-21-15(20)16(14-6-3-2-4-7-14)8-12-19(13-9-16)11-5-10-18-17/h2-4,6-7H,5,8-13H2,1H3/q+1. The molecule has 1 heterocycles. The lowest BCUT2D eigenvalue weighted by Crippen LogP contribution is -2.48. The Morgan fingerprint density at radius 1 is 1.33 bits per heavy atom. The fourth-order valence-corrected chi connectivity index (χ4v) is 3.09. The van der Waals surface area contributed by atoms with Crippen LogP contribution in [0.3, 0.4) is 0 Å². The number of likely N-dealkylation sites (tertiary alicyclic amines) is 1. The van der Waals surface area contributed by atoms with Crippen LogP contribution in [0.25, 0.3) is 0 Å². The summed E-state index contributed by atoms with van der Waals surface area (Å²) in [6, 6.07) is 9.92. The van der Waals surface area contributed by atoms with Crippen molar-refractivity contribution in [3.63, 3.8) is 0 Å². The zero-order chi connectivity index (χ0) is 15.1. The molecule has 21 heavy (non-hydrogen) atoms. The Labute approximate surface area is 126 Å². The summed E-state index contributed by atoms with van der Waals surface area (Å²) in [6.07, 6.45) is 2.37. The van der Waals surface area contributed by atoms with Gasteiger partial charge >= 0.3 is 5.97 Å². The molecule has 2 rings (SSSR count). The molecule has 0 amide bonds. The zero-order valence-electron chi connectivity index (χ0n) is 12.5. The van der Waals surface area contributed by atoms with Gasteiger partial charge in [-0.2, -0.15) is 0 Å². The molecule has 112 valence electrons. The molecule has 0 aromatic heterocycles. The first-order chi connectivity index (χ1) is 10.2. The number of nitrogens with zero attached hydrogens (tertiary/aromatic N) is 3. The summed E-state index contributed by atoms with van der Waals surface area (Å²) >= 11 is 0. The molecule has 1 aliphatic rings. The number of ether oxygens (including phenoxy) is 1. The molecule has 0 spiro atoms. The van der Waals surface area contributed by atoms with E-state index >= 15 is 0 Å². The Morgan fingerprint density at radius 3 is 2.57 bits per heavy atom. The Hall–Kier alpha value is -1.43. The van der Waals surface area contributed by atoms with Crippen molar-refractivity contribution in [3.8, 4) is 0 Å². The molecule has 0 N–H and O–H groups in total. The van der Waals surface area contributed by atoms with Gasteiger partial charge < -0.3 is 9.64 Å². The second kappa shape index (κ2) is 7.54. The fourth-order valence-electron chi connectivity index (χ4n) is 3.09. The van der Waals surface area contributed by atoms with Crippen LogP contribution in [-0.2, 0) is 14.9 Å². The van der Waals surface area contributed by atoms with Crippen molar-refractivity contribution in [1.29, 1.82) is 0 Å². The molecule has 0 unspecified atom stereocenters. The molecule has 0 aliphatic carbocycles. The van der Waals surface area contributed by atoms with Gasteiger partial charge in [-0.1, -0.05) is 30.3 Å². The molecule has 0 atom stereocenters. The number of carbonyl (C=O) groups excluding carboxylic acids is 1. The molecule has 0 saturated carbocycles. The van der Waals surface area contributed by atoms with Crippen molar-refractivity contribution in [1.82, 2.24) is 16.2 Å². The number of esters is 1. The summed E-state index contributed by atoms with van der Waals surface area (Å²) in [7, 11) is 1.46. The van der Waals surface area contributed by atoms with Gasteiger partial charge in [0.15, 0.2) is 0 Å². The van der Waals surface area contributed by atoms with E-state index in [0.717, 1.165) is 44.5 Å². The van der Waals surface area contributed by atoms with Crippen LogP contribution < -0.4 is 11.3 Å². The monoisotopic (exact) mass is 288 g/mol. The van der Waals surface area contributed by atoms with Gasteiger partial charge in [-0.15, -0.1) is 0 Å². The van der Waals surface area contributed by atoms with E-state index in [2.05, 4.69) is 10.3 Å². The van der Waals surface area contributed by atoms with Crippen LogP contribution >= 0.6 is 0 Å². The average Bonchev–Trinajstić information content (AvgIpc) is 2.56. The zero-order valence-corrected chi connectivity index (χ0v) is 12.5. The molecule has 1 aromatic carbocycles. The van der Waals surface area contributed by atoms with E-state index in [1.165, 1.54) is 7.11 Å². The number of hydrogen-bond donors (Lipinski definition) is 0. The maximum Gasteiger partial charge on any atom is 0.316 e. The van der Waals surface area contributed by atoms with Gasteiger partial charge in [0.1, 0.15) is 0 Å². The minimum absolute atomic E-state index is 0.140. The number of hydrogen-bond acceptors (Lipinski definition) is 3. The van der Waals surface area contributed by atoms with Gasteiger partial charge in [0.2, 0.25) is 12.0 Å². The van der Waals surface area contributed by atoms with E-state index in [9.17, 15) is 4.79 Å². The third-order valence-corrected chi connectivity index (χ3v) is 4.34. The lowest BCUT2D eigenvalue weighted by atomic mass is 9.72. The highest BCUT2D eigenvalue weighted by molar-refractivity contribution is 5.83. The normalized spacial score (nSPS) is 18.4. The van der Waals surface area contributed by atoms with Crippen LogP contribution in [0.1, 0.15) is 24.8 Å². The molecule has 5 nitrogen and oxygen atoms in total. The van der Waals surface area contributed by atoms with E-state index in [-0.39, 0.29) is 5.97 Å². The van der Waals surface area contributed by atoms with Gasteiger partial charge in [0.05, 0.1) is 12.5 Å². The second-order valence-corrected chi connectivity index (χ2v) is 5.50. The van der Waals surface area contributed by atoms with Crippen LogP contribution in [0.15, 0.2) is 30.3 Å². The van der Waals surface area contributed by atoms with Crippen molar-refractivity contribution in [2.24, 2.45) is 0 Å². The summed E-state index contributed by atoms with van der Waals surface area (Å²) in [5.74, 6) is 8.34. The molecular formula is C16H22N3O2+. The molecule has 5 heteroatoms. The average molecular weight is 288 g/mol. The van der Waals surface area contributed by atoms with Crippen LogP contribution in [0, 0.1) is 0 Å². The number of piperidine rings is 1. The Bertz CT molecular complexity index is 442. The van der Waals surface area contributed by atoms with Crippen LogP contribution in [0.5, 0.6) is 0 Å². The highest BCUT2D eigenvalue weighted by Gasteiger charge is 2.43. The quantitative estimate of drug-likeness (QED) is 0.448. The Balaban J connectivity index is 2.06. The third-order valence-electron chi connectivity index (χ3n) is 4.34. The van der Waals surface area contributed by atoms with E-state index in [4.69, 9.17) is 10.6 Å². The van der Waals surface area contributed by atoms with E-state index in [1.807, 2.05) is 30.3 Å². The maximum absolute atomic E-state index is 12.4. The SMILES string of the molecule is COC(=O)C1(c2ccccc2)CCN(CCC[N+][N])CC1. The number of benzene rings is 1. The first kappa shape index (κ1) is 15.9. The largest absolute Gasteiger partial charge is 0.468 e. The third kappa shape index (κ3) is 3.61. The van der Waals surface area contributed by atoms with Crippen LogP contribution in [0.4, 0.5) is 0 Å². The maximum atomic E-state index is 12.4. The van der Waals surface area contributed by atoms with E-state index in [1.54, 1.807) is 0 Å². The summed E-state index contributed by atoms with van der Waals surface area (Å²) in [5.41, 5.74) is 3.66. The lowest BCUT2D eigenvalue weighted by molar-refractivity contribution is -0.149. The number of carbonyl (C=O) groups is 1. The topological polar surface area (TPSA) is 65.9 Å². The first-order valence-corrected chi connectivity index (χ1v) is 7.40. The molecule has 0 bridgehead atoms. The van der Waals surface area contributed by atoms with Gasteiger partial charge in [-0.05, 0) is 31.5 Å². The summed E-state index contributed by atoms with van der Waals surface area (Å²) in [6.45, 7) is 3.08. The number of rotatable bonds is 6. The van der Waals surface area contributed by atoms with Crippen molar-refractivity contribution < 1.29 is 9.53 Å². The van der Waals surface area contributed by atoms with Gasteiger partial charge in [0, 0.05) is 13.0 Å². The second-order valence-electron chi connectivity index (χ2n) is 5.50. The molecule has 1 saturated heterocycles. The van der Waals surface area contributed by atoms with Crippen molar-refractivity contribution in [2.75, 3.05) is 33.3 Å². The van der Waals surface area contributed by atoms with E-state index in [0.29, 0.717) is 6.54 Å². The van der Waals surface area contributed by atoms with Crippen molar-refractivity contribution >= 4 is 5.97 Å². The van der Waals surface area contributed by atoms with Gasteiger partial charge in [-0.25, -0.2) is 0 Å². The highest BCUT2D eigenvalue weighted by Crippen LogP contribution is 2.36. The Morgan fingerprint density at radius 2 is 2.00 bits per heavy atom. The fraction of sp³-hybridized carbons (Fsp3) is 0.562. The highest BCUT2D eigenvalue weighted by atomic mass is 16.5. The van der Waals surface area contributed by atoms with Gasteiger partial charge in [-0.3, -0.25) is 4.79 Å². The van der Waals surface area contributed by atoms with E-state index < -0.39 is 5.41 Å². The minimum Gasteiger partial charge on any atom is -0.468 e. The molecular weight excluding hydrogens is 266 g/mol. The smallest absolute Gasteiger partial charge is 0.316 e. The van der Waals surface area contributed by atoms with Gasteiger partial charge in [0.25, 0.3) is 5.84 Å². The van der Waals surface area contributed by atoms with Crippen molar-refractivity contribution in [3.05, 3.63) is 35.9 Å². The summed E-state index contributed by atoms with van der Waals surface area (Å²) in [4.78, 5) is 14.7. The van der Waals surface area contributed by atoms with Crippen LogP contribution in [-0.4, -0.2) is 44.2 Å². The molecule has 4 radical (unpaired) electrons. The number of methoxy groups -OCH3 is 1. The summed E-state index contributed by atoms with van der Waals surface area (Å²) in [5, 5.41) is 0. The molecule has 1 aliphatic heterocycles. The van der Waals surface area contributed by atoms with Crippen molar-refractivity contribution in [2.45, 2.75) is 24.7 Å². The minimum atomic E-state index is -0.520. The summed E-state index contributed by atoms with van der Waals surface area (Å²) < 4.78 is 5.08. The Kier molecular flexibility index (Phi) is 5.73. The predicted molar refractivity (Wildman–Crippen MR) is 79.6 cm³/mol.